The number of nitrogens with two attached hydrogens (primary N) is 1. The summed E-state index contributed by atoms with van der Waals surface area (Å²) in [6.07, 6.45) is -0.104. The summed E-state index contributed by atoms with van der Waals surface area (Å²) in [5, 5.41) is 0.621. The Balaban J connectivity index is 2.09. The van der Waals surface area contributed by atoms with Gasteiger partial charge in [-0.2, -0.15) is 15.0 Å². The highest BCUT2D eigenvalue weighted by Gasteiger charge is 2.15. The van der Waals surface area contributed by atoms with Crippen LogP contribution in [0.15, 0.2) is 28.7 Å². The number of furan rings is 1. The van der Waals surface area contributed by atoms with Gasteiger partial charge in [-0.1, -0.05) is 12.1 Å². The number of para-hydroxylation sites is 1. The Bertz CT molecular complexity index is 801. The van der Waals surface area contributed by atoms with Crippen molar-refractivity contribution < 1.29 is 13.5 Å². The van der Waals surface area contributed by atoms with Crippen molar-refractivity contribution in [3.63, 3.8) is 0 Å². The van der Waals surface area contributed by atoms with E-state index in [0.29, 0.717) is 11.1 Å². The molecule has 0 aliphatic heterocycles. The number of fused-ring (bicyclic) bond motifs is 1. The maximum atomic E-state index is 13.6. The van der Waals surface area contributed by atoms with Crippen LogP contribution in [0.2, 0.25) is 0 Å². The third-order valence-electron chi connectivity index (χ3n) is 2.69. The van der Waals surface area contributed by atoms with E-state index in [0.717, 1.165) is 0 Å². The summed E-state index contributed by atoms with van der Waals surface area (Å²) in [7, 11) is 0. The Morgan fingerprint density at radius 2 is 2.05 bits per heavy atom. The Kier molecular flexibility index (Phi) is 3.17. The number of rotatable bonds is 3. The Hall–Kier alpha value is -2.70. The fourth-order valence-corrected chi connectivity index (χ4v) is 1.88. The van der Waals surface area contributed by atoms with Crippen molar-refractivity contribution in [2.75, 3.05) is 5.73 Å². The molecule has 0 saturated carbocycles. The topological polar surface area (TPSA) is 87.1 Å². The van der Waals surface area contributed by atoms with Crippen LogP contribution in [0.25, 0.3) is 22.6 Å². The Morgan fingerprint density at radius 3 is 2.76 bits per heavy atom. The summed E-state index contributed by atoms with van der Waals surface area (Å²) >= 11 is 0. The van der Waals surface area contributed by atoms with Crippen molar-refractivity contribution in [3.05, 3.63) is 30.1 Å². The number of ether oxygens (including phenoxy) is 1. The monoisotopic (exact) mass is 288 g/mol. The number of aromatic nitrogens is 3. The van der Waals surface area contributed by atoms with Gasteiger partial charge in [-0.25, -0.2) is 4.39 Å². The molecule has 0 aliphatic carbocycles. The first-order valence-electron chi connectivity index (χ1n) is 6.39. The number of benzene rings is 1. The second kappa shape index (κ2) is 5.01. The largest absolute Gasteiger partial charge is 0.461 e. The molecule has 0 unspecified atom stereocenters. The fourth-order valence-electron chi connectivity index (χ4n) is 1.88. The summed E-state index contributed by atoms with van der Waals surface area (Å²) in [5.74, 6) is 0.0718. The minimum absolute atomic E-state index is 0.0107. The van der Waals surface area contributed by atoms with E-state index >= 15 is 0 Å². The smallest absolute Gasteiger partial charge is 0.322 e. The molecule has 7 heteroatoms. The quantitative estimate of drug-likeness (QED) is 0.797. The first kappa shape index (κ1) is 13.3. The molecule has 0 atom stereocenters. The molecule has 0 fully saturated rings. The molecule has 0 spiro atoms. The van der Waals surface area contributed by atoms with Gasteiger partial charge in [-0.15, -0.1) is 0 Å². The van der Waals surface area contributed by atoms with Crippen LogP contribution in [-0.2, 0) is 0 Å². The molecule has 21 heavy (non-hydrogen) atoms. The third kappa shape index (κ3) is 2.62. The van der Waals surface area contributed by atoms with Crippen molar-refractivity contribution in [2.24, 2.45) is 0 Å². The van der Waals surface area contributed by atoms with Gasteiger partial charge in [0.25, 0.3) is 0 Å². The zero-order chi connectivity index (χ0) is 15.0. The predicted molar refractivity (Wildman–Crippen MR) is 75.2 cm³/mol. The van der Waals surface area contributed by atoms with Crippen LogP contribution in [0.4, 0.5) is 10.3 Å². The van der Waals surface area contributed by atoms with Crippen LogP contribution >= 0.6 is 0 Å². The van der Waals surface area contributed by atoms with Crippen LogP contribution in [0.3, 0.4) is 0 Å². The van der Waals surface area contributed by atoms with E-state index in [9.17, 15) is 4.39 Å². The van der Waals surface area contributed by atoms with Gasteiger partial charge in [0, 0.05) is 5.39 Å². The van der Waals surface area contributed by atoms with E-state index in [1.165, 1.54) is 6.07 Å². The fraction of sp³-hybridized carbons (Fsp3) is 0.214. The molecule has 108 valence electrons. The molecule has 2 heterocycles. The first-order valence-corrected chi connectivity index (χ1v) is 6.39. The SMILES string of the molecule is CC(C)Oc1nc(N)nc(-c2cc3cccc(F)c3o2)n1. The number of nitrogens with zero attached hydrogens (tertiary/aromatic N) is 3. The lowest BCUT2D eigenvalue weighted by molar-refractivity contribution is 0.222. The van der Waals surface area contributed by atoms with Crippen LogP contribution in [-0.4, -0.2) is 21.1 Å². The highest BCUT2D eigenvalue weighted by atomic mass is 19.1. The second-order valence-electron chi connectivity index (χ2n) is 4.74. The third-order valence-corrected chi connectivity index (χ3v) is 2.69. The molecular formula is C14H13FN4O2. The van der Waals surface area contributed by atoms with Gasteiger partial charge < -0.3 is 14.9 Å². The number of hydrogen-bond donors (Lipinski definition) is 1. The zero-order valence-corrected chi connectivity index (χ0v) is 11.5. The molecule has 0 saturated heterocycles. The van der Waals surface area contributed by atoms with E-state index in [1.54, 1.807) is 18.2 Å². The van der Waals surface area contributed by atoms with E-state index in [-0.39, 0.29) is 29.5 Å². The zero-order valence-electron chi connectivity index (χ0n) is 11.5. The molecular weight excluding hydrogens is 275 g/mol. The van der Waals surface area contributed by atoms with Crippen LogP contribution in [0, 0.1) is 5.82 Å². The lowest BCUT2D eigenvalue weighted by atomic mass is 10.2. The average molecular weight is 288 g/mol. The molecule has 2 aromatic heterocycles. The lowest BCUT2D eigenvalue weighted by Crippen LogP contribution is -2.10. The molecule has 0 amide bonds. The molecule has 0 bridgehead atoms. The predicted octanol–water partition coefficient (Wildman–Crippen LogP) is 2.79. The average Bonchev–Trinajstić information content (AvgIpc) is 2.82. The Labute approximate surface area is 119 Å². The highest BCUT2D eigenvalue weighted by molar-refractivity contribution is 5.82. The first-order chi connectivity index (χ1) is 10.0. The van der Waals surface area contributed by atoms with Crippen LogP contribution in [0.5, 0.6) is 6.01 Å². The molecule has 2 N–H and O–H groups in total. The van der Waals surface area contributed by atoms with Gasteiger partial charge in [0.2, 0.25) is 11.8 Å². The Morgan fingerprint density at radius 1 is 1.24 bits per heavy atom. The maximum Gasteiger partial charge on any atom is 0.322 e. The summed E-state index contributed by atoms with van der Waals surface area (Å²) in [5.41, 5.74) is 5.79. The standard InChI is InChI=1S/C14H13FN4O2/c1-7(2)20-14-18-12(17-13(16)19-14)10-6-8-4-3-5-9(15)11(8)21-10/h3-7H,1-2H3,(H2,16,17,18,19). The van der Waals surface area contributed by atoms with E-state index in [1.807, 2.05) is 13.8 Å². The van der Waals surface area contributed by atoms with Gasteiger partial charge in [0.15, 0.2) is 17.2 Å². The van der Waals surface area contributed by atoms with Gasteiger partial charge >= 0.3 is 6.01 Å². The number of halogens is 1. The summed E-state index contributed by atoms with van der Waals surface area (Å²) in [6, 6.07) is 6.42. The molecule has 3 aromatic rings. The number of anilines is 1. The van der Waals surface area contributed by atoms with Crippen molar-refractivity contribution in [1.82, 2.24) is 15.0 Å². The van der Waals surface area contributed by atoms with E-state index < -0.39 is 5.82 Å². The highest BCUT2D eigenvalue weighted by Crippen LogP contribution is 2.28. The maximum absolute atomic E-state index is 13.6. The minimum Gasteiger partial charge on any atom is -0.461 e. The van der Waals surface area contributed by atoms with Crippen LogP contribution < -0.4 is 10.5 Å². The van der Waals surface area contributed by atoms with Gasteiger partial charge in [0.1, 0.15) is 0 Å². The molecule has 6 nitrogen and oxygen atoms in total. The van der Waals surface area contributed by atoms with Crippen molar-refractivity contribution in [2.45, 2.75) is 20.0 Å². The summed E-state index contributed by atoms with van der Waals surface area (Å²) in [4.78, 5) is 12.0. The van der Waals surface area contributed by atoms with Crippen molar-refractivity contribution in [1.29, 1.82) is 0 Å². The lowest BCUT2D eigenvalue weighted by Gasteiger charge is -2.08. The summed E-state index contributed by atoms with van der Waals surface area (Å²) in [6.45, 7) is 3.69. The van der Waals surface area contributed by atoms with Crippen molar-refractivity contribution in [3.8, 4) is 17.6 Å². The van der Waals surface area contributed by atoms with E-state index in [4.69, 9.17) is 14.9 Å². The molecule has 0 radical (unpaired) electrons. The van der Waals surface area contributed by atoms with Crippen molar-refractivity contribution >= 4 is 16.9 Å². The molecule has 3 rings (SSSR count). The minimum atomic E-state index is -0.445. The summed E-state index contributed by atoms with van der Waals surface area (Å²) < 4.78 is 24.5. The normalized spacial score (nSPS) is 11.2. The molecule has 0 aliphatic rings. The van der Waals surface area contributed by atoms with Gasteiger partial charge in [-0.05, 0) is 26.0 Å². The molecule has 1 aromatic carbocycles. The van der Waals surface area contributed by atoms with Gasteiger partial charge in [-0.3, -0.25) is 0 Å². The van der Waals surface area contributed by atoms with Crippen LogP contribution in [0.1, 0.15) is 13.8 Å². The second-order valence-corrected chi connectivity index (χ2v) is 4.74. The van der Waals surface area contributed by atoms with Gasteiger partial charge in [0.05, 0.1) is 6.10 Å². The van der Waals surface area contributed by atoms with E-state index in [2.05, 4.69) is 15.0 Å². The number of hydrogen-bond acceptors (Lipinski definition) is 6. The number of nitrogen functional groups attached to an aromatic ring is 1.